The van der Waals surface area contributed by atoms with Crippen molar-refractivity contribution in [3.63, 3.8) is 0 Å². The molecule has 0 saturated heterocycles. The molecular weight excluding hydrogens is 224 g/mol. The van der Waals surface area contributed by atoms with Crippen molar-refractivity contribution >= 4 is 0 Å². The Bertz CT molecular complexity index is 511. The zero-order chi connectivity index (χ0) is 13.1. The van der Waals surface area contributed by atoms with E-state index in [0.29, 0.717) is 0 Å². The molecule has 2 aromatic rings. The lowest BCUT2D eigenvalue weighted by Gasteiger charge is -2.20. The minimum atomic E-state index is 0.162. The van der Waals surface area contributed by atoms with E-state index in [-0.39, 0.29) is 6.04 Å². The predicted molar refractivity (Wildman–Crippen MR) is 72.5 cm³/mol. The van der Waals surface area contributed by atoms with Crippen molar-refractivity contribution in [1.29, 1.82) is 0 Å². The van der Waals surface area contributed by atoms with E-state index in [9.17, 15) is 0 Å². The van der Waals surface area contributed by atoms with Crippen LogP contribution in [0.2, 0.25) is 0 Å². The number of hydrogen-bond donors (Lipinski definition) is 1. The molecule has 4 heteroatoms. The standard InChI is InChI=1S/C14H20N4/c1-5-11-9-16-7-6-12(11)13(15-3)14-10(2)8-17-18(14)4/h6-9,13,15H,5H2,1-4H3. The van der Waals surface area contributed by atoms with Gasteiger partial charge in [-0.15, -0.1) is 0 Å². The number of nitrogens with zero attached hydrogens (tertiary/aromatic N) is 3. The highest BCUT2D eigenvalue weighted by molar-refractivity contribution is 5.35. The van der Waals surface area contributed by atoms with Crippen molar-refractivity contribution in [3.05, 3.63) is 47.0 Å². The van der Waals surface area contributed by atoms with Crippen molar-refractivity contribution in [2.24, 2.45) is 7.05 Å². The van der Waals surface area contributed by atoms with E-state index in [2.05, 4.69) is 35.3 Å². The fourth-order valence-electron chi connectivity index (χ4n) is 2.43. The average molecular weight is 244 g/mol. The third kappa shape index (κ3) is 2.16. The molecule has 0 radical (unpaired) electrons. The Morgan fingerprint density at radius 1 is 1.39 bits per heavy atom. The zero-order valence-electron chi connectivity index (χ0n) is 11.4. The molecule has 0 saturated carbocycles. The van der Waals surface area contributed by atoms with E-state index in [1.165, 1.54) is 22.4 Å². The van der Waals surface area contributed by atoms with E-state index in [1.807, 2.05) is 37.4 Å². The molecule has 0 aliphatic carbocycles. The van der Waals surface area contributed by atoms with Crippen LogP contribution in [0.25, 0.3) is 0 Å². The molecule has 1 unspecified atom stereocenters. The average Bonchev–Trinajstić information content (AvgIpc) is 2.72. The van der Waals surface area contributed by atoms with Crippen LogP contribution in [-0.2, 0) is 13.5 Å². The number of aryl methyl sites for hydroxylation is 3. The van der Waals surface area contributed by atoms with Crippen LogP contribution in [0.4, 0.5) is 0 Å². The van der Waals surface area contributed by atoms with Crippen LogP contribution in [-0.4, -0.2) is 21.8 Å². The first-order chi connectivity index (χ1) is 8.69. The van der Waals surface area contributed by atoms with Gasteiger partial charge in [0, 0.05) is 19.4 Å². The number of pyridine rings is 1. The smallest absolute Gasteiger partial charge is 0.0752 e. The molecule has 0 spiro atoms. The summed E-state index contributed by atoms with van der Waals surface area (Å²) in [5.41, 5.74) is 4.97. The van der Waals surface area contributed by atoms with Gasteiger partial charge < -0.3 is 5.32 Å². The summed E-state index contributed by atoms with van der Waals surface area (Å²) < 4.78 is 1.94. The van der Waals surface area contributed by atoms with E-state index >= 15 is 0 Å². The van der Waals surface area contributed by atoms with Crippen LogP contribution in [0.1, 0.15) is 35.3 Å². The SMILES string of the molecule is CCc1cnccc1C(NC)c1c(C)cnn1C. The maximum absolute atomic E-state index is 4.33. The van der Waals surface area contributed by atoms with E-state index in [4.69, 9.17) is 0 Å². The summed E-state index contributed by atoms with van der Waals surface area (Å²) in [7, 11) is 3.97. The Hall–Kier alpha value is -1.68. The minimum Gasteiger partial charge on any atom is -0.308 e. The second-order valence-corrected chi connectivity index (χ2v) is 4.49. The third-order valence-corrected chi connectivity index (χ3v) is 3.37. The van der Waals surface area contributed by atoms with Gasteiger partial charge in [-0.05, 0) is 43.1 Å². The molecule has 96 valence electrons. The van der Waals surface area contributed by atoms with Gasteiger partial charge in [-0.25, -0.2) is 0 Å². The fourth-order valence-corrected chi connectivity index (χ4v) is 2.43. The Balaban J connectivity index is 2.52. The van der Waals surface area contributed by atoms with Crippen molar-refractivity contribution in [1.82, 2.24) is 20.1 Å². The first kappa shape index (κ1) is 12.8. The maximum atomic E-state index is 4.33. The summed E-state index contributed by atoms with van der Waals surface area (Å²) in [6, 6.07) is 2.25. The molecule has 2 rings (SSSR count). The Morgan fingerprint density at radius 2 is 2.17 bits per heavy atom. The number of aromatic nitrogens is 3. The van der Waals surface area contributed by atoms with Crippen LogP contribution in [0.15, 0.2) is 24.7 Å². The van der Waals surface area contributed by atoms with E-state index < -0.39 is 0 Å². The third-order valence-electron chi connectivity index (χ3n) is 3.37. The zero-order valence-corrected chi connectivity index (χ0v) is 11.4. The summed E-state index contributed by atoms with van der Waals surface area (Å²) in [4.78, 5) is 4.21. The summed E-state index contributed by atoms with van der Waals surface area (Å²) in [6.07, 6.45) is 6.70. The van der Waals surface area contributed by atoms with Gasteiger partial charge in [-0.2, -0.15) is 5.10 Å². The molecule has 0 aliphatic rings. The fraction of sp³-hybridized carbons (Fsp3) is 0.429. The summed E-state index contributed by atoms with van der Waals surface area (Å²) in [5.74, 6) is 0. The highest BCUT2D eigenvalue weighted by Gasteiger charge is 2.20. The van der Waals surface area contributed by atoms with Gasteiger partial charge in [-0.1, -0.05) is 6.92 Å². The number of nitrogens with one attached hydrogen (secondary N) is 1. The lowest BCUT2D eigenvalue weighted by Crippen LogP contribution is -2.22. The van der Waals surface area contributed by atoms with Crippen LogP contribution in [0.3, 0.4) is 0 Å². The van der Waals surface area contributed by atoms with Gasteiger partial charge >= 0.3 is 0 Å². The highest BCUT2D eigenvalue weighted by atomic mass is 15.3. The number of rotatable bonds is 4. The summed E-state index contributed by atoms with van der Waals surface area (Å²) in [6.45, 7) is 4.25. The van der Waals surface area contributed by atoms with Crippen molar-refractivity contribution < 1.29 is 0 Å². The molecule has 0 fully saturated rings. The Kier molecular flexibility index (Phi) is 3.77. The van der Waals surface area contributed by atoms with Crippen LogP contribution in [0, 0.1) is 6.92 Å². The largest absolute Gasteiger partial charge is 0.308 e. The van der Waals surface area contributed by atoms with Gasteiger partial charge in [0.05, 0.1) is 17.9 Å². The lowest BCUT2D eigenvalue weighted by atomic mass is 9.97. The molecule has 4 nitrogen and oxygen atoms in total. The van der Waals surface area contributed by atoms with Crippen LogP contribution < -0.4 is 5.32 Å². The van der Waals surface area contributed by atoms with E-state index in [0.717, 1.165) is 6.42 Å². The monoisotopic (exact) mass is 244 g/mol. The first-order valence-electron chi connectivity index (χ1n) is 6.27. The second kappa shape index (κ2) is 5.31. The van der Waals surface area contributed by atoms with Gasteiger partial charge in [0.15, 0.2) is 0 Å². The minimum absolute atomic E-state index is 0.162. The molecule has 2 heterocycles. The molecule has 1 atom stereocenters. The van der Waals surface area contributed by atoms with Gasteiger partial charge in [0.2, 0.25) is 0 Å². The second-order valence-electron chi connectivity index (χ2n) is 4.49. The van der Waals surface area contributed by atoms with Crippen molar-refractivity contribution in [2.75, 3.05) is 7.05 Å². The quantitative estimate of drug-likeness (QED) is 0.894. The molecule has 18 heavy (non-hydrogen) atoms. The lowest BCUT2D eigenvalue weighted by molar-refractivity contribution is 0.599. The number of hydrogen-bond acceptors (Lipinski definition) is 3. The van der Waals surface area contributed by atoms with Gasteiger partial charge in [0.1, 0.15) is 0 Å². The highest BCUT2D eigenvalue weighted by Crippen LogP contribution is 2.26. The Morgan fingerprint density at radius 3 is 2.72 bits per heavy atom. The van der Waals surface area contributed by atoms with Crippen LogP contribution in [0.5, 0.6) is 0 Å². The molecule has 0 aliphatic heterocycles. The topological polar surface area (TPSA) is 42.7 Å². The van der Waals surface area contributed by atoms with E-state index in [1.54, 1.807) is 0 Å². The molecule has 2 aromatic heterocycles. The molecule has 1 N–H and O–H groups in total. The van der Waals surface area contributed by atoms with Crippen molar-refractivity contribution in [2.45, 2.75) is 26.3 Å². The first-order valence-corrected chi connectivity index (χ1v) is 6.27. The Labute approximate surface area is 108 Å². The summed E-state index contributed by atoms with van der Waals surface area (Å²) >= 11 is 0. The van der Waals surface area contributed by atoms with Gasteiger partial charge in [0.25, 0.3) is 0 Å². The summed E-state index contributed by atoms with van der Waals surface area (Å²) in [5, 5.41) is 7.72. The van der Waals surface area contributed by atoms with Crippen molar-refractivity contribution in [3.8, 4) is 0 Å². The maximum Gasteiger partial charge on any atom is 0.0752 e. The normalized spacial score (nSPS) is 12.7. The van der Waals surface area contributed by atoms with Gasteiger partial charge in [-0.3, -0.25) is 9.67 Å². The molecule has 0 aromatic carbocycles. The molecular formula is C14H20N4. The predicted octanol–water partition coefficient (Wildman–Crippen LogP) is 1.99. The van der Waals surface area contributed by atoms with Crippen LogP contribution >= 0.6 is 0 Å². The molecule has 0 bridgehead atoms. The molecule has 0 amide bonds.